The van der Waals surface area contributed by atoms with Crippen LogP contribution in [-0.2, 0) is 19.1 Å². The molecule has 2 aliphatic heterocycles. The minimum absolute atomic E-state index is 0.0251. The molecule has 30 heavy (non-hydrogen) atoms. The summed E-state index contributed by atoms with van der Waals surface area (Å²) in [5.41, 5.74) is 0.195. The van der Waals surface area contributed by atoms with Crippen LogP contribution in [0.1, 0.15) is 26.2 Å². The molecule has 1 unspecified atom stereocenters. The molecular formula is C20H24F3N3O4. The topological polar surface area (TPSA) is 79.0 Å². The summed E-state index contributed by atoms with van der Waals surface area (Å²) in [6.45, 7) is 2.58. The van der Waals surface area contributed by atoms with E-state index in [0.717, 1.165) is 0 Å². The number of anilines is 2. The largest absolute Gasteiger partial charge is 0.466 e. The zero-order valence-electron chi connectivity index (χ0n) is 16.6. The molecule has 1 aromatic carbocycles. The van der Waals surface area contributed by atoms with E-state index in [4.69, 9.17) is 4.74 Å². The number of fused-ring (bicyclic) bond motifs is 1. The Balaban J connectivity index is 1.77. The Labute approximate surface area is 172 Å². The van der Waals surface area contributed by atoms with Crippen LogP contribution in [0.3, 0.4) is 0 Å². The van der Waals surface area contributed by atoms with Crippen LogP contribution in [0.2, 0.25) is 0 Å². The van der Waals surface area contributed by atoms with Crippen LogP contribution in [0.25, 0.3) is 0 Å². The maximum Gasteiger partial charge on any atom is 0.409 e. The number of esters is 1. The van der Waals surface area contributed by atoms with E-state index in [1.807, 2.05) is 0 Å². The number of amides is 2. The van der Waals surface area contributed by atoms with E-state index in [0.29, 0.717) is 30.8 Å². The summed E-state index contributed by atoms with van der Waals surface area (Å²) in [6.07, 6.45) is -4.67. The number of benzene rings is 1. The van der Waals surface area contributed by atoms with Crippen LogP contribution in [0.5, 0.6) is 0 Å². The second-order valence-electron chi connectivity index (χ2n) is 7.39. The fourth-order valence-corrected chi connectivity index (χ4v) is 3.85. The van der Waals surface area contributed by atoms with E-state index in [1.165, 1.54) is 18.2 Å². The van der Waals surface area contributed by atoms with Gasteiger partial charge < -0.3 is 10.1 Å². The minimum atomic E-state index is -4.76. The summed E-state index contributed by atoms with van der Waals surface area (Å²) in [5.74, 6) is -2.09. The molecule has 0 aliphatic carbocycles. The molecule has 7 nitrogen and oxygen atoms in total. The Kier molecular flexibility index (Phi) is 6.64. The fraction of sp³-hybridized carbons (Fsp3) is 0.550. The standard InChI is InChI=1S/C20H24F3N3O4/c1-2-30-19(29)13-7-9-25(10-8-13)12-18(28)26-15-6-4-3-5-14(15)24-17(27)11-16(26)20(21,22)23/h3-6,13,16H,2,7-12H2,1H3,(H,24,27). The van der Waals surface area contributed by atoms with Crippen molar-refractivity contribution in [1.29, 1.82) is 0 Å². The molecule has 1 aromatic rings. The molecule has 10 heteroatoms. The zero-order chi connectivity index (χ0) is 21.9. The predicted molar refractivity (Wildman–Crippen MR) is 103 cm³/mol. The van der Waals surface area contributed by atoms with Crippen LogP contribution in [-0.4, -0.2) is 61.1 Å². The number of rotatable bonds is 4. The van der Waals surface area contributed by atoms with Gasteiger partial charge in [-0.3, -0.25) is 24.2 Å². The number of piperidine rings is 1. The number of hydrogen-bond donors (Lipinski definition) is 1. The van der Waals surface area contributed by atoms with E-state index < -0.39 is 30.5 Å². The van der Waals surface area contributed by atoms with Gasteiger partial charge in [0.05, 0.1) is 36.9 Å². The van der Waals surface area contributed by atoms with Crippen molar-refractivity contribution in [2.75, 3.05) is 36.5 Å². The molecule has 0 saturated carbocycles. The number of carbonyl (C=O) groups is 3. The molecular weight excluding hydrogens is 403 g/mol. The smallest absolute Gasteiger partial charge is 0.409 e. The first-order valence-electron chi connectivity index (χ1n) is 9.87. The molecule has 0 aromatic heterocycles. The number of para-hydroxylation sites is 2. The Hall–Kier alpha value is -2.62. The lowest BCUT2D eigenvalue weighted by atomic mass is 9.97. The molecule has 0 bridgehead atoms. The molecule has 1 saturated heterocycles. The lowest BCUT2D eigenvalue weighted by Crippen LogP contribution is -2.53. The van der Waals surface area contributed by atoms with Crippen molar-refractivity contribution in [2.24, 2.45) is 5.92 Å². The van der Waals surface area contributed by atoms with Gasteiger partial charge in [-0.05, 0) is 45.0 Å². The average Bonchev–Trinajstić information content (AvgIpc) is 2.84. The summed E-state index contributed by atoms with van der Waals surface area (Å²) >= 11 is 0. The van der Waals surface area contributed by atoms with Crippen LogP contribution < -0.4 is 10.2 Å². The Bertz CT molecular complexity index is 807. The van der Waals surface area contributed by atoms with E-state index >= 15 is 0 Å². The van der Waals surface area contributed by atoms with Gasteiger partial charge in [-0.2, -0.15) is 13.2 Å². The Morgan fingerprint density at radius 2 is 1.87 bits per heavy atom. The van der Waals surface area contributed by atoms with E-state index in [9.17, 15) is 27.6 Å². The number of alkyl halides is 3. The number of carbonyl (C=O) groups excluding carboxylic acids is 3. The second-order valence-corrected chi connectivity index (χ2v) is 7.39. The third-order valence-corrected chi connectivity index (χ3v) is 5.34. The van der Waals surface area contributed by atoms with Crippen molar-refractivity contribution in [2.45, 2.75) is 38.4 Å². The summed E-state index contributed by atoms with van der Waals surface area (Å²) in [7, 11) is 0. The molecule has 3 rings (SSSR count). The Morgan fingerprint density at radius 3 is 2.50 bits per heavy atom. The molecule has 1 N–H and O–H groups in total. The number of nitrogens with zero attached hydrogens (tertiary/aromatic N) is 2. The molecule has 0 spiro atoms. The lowest BCUT2D eigenvalue weighted by Gasteiger charge is -2.35. The maximum absolute atomic E-state index is 13.8. The highest BCUT2D eigenvalue weighted by Crippen LogP contribution is 2.37. The van der Waals surface area contributed by atoms with Gasteiger partial charge in [-0.1, -0.05) is 12.1 Å². The van der Waals surface area contributed by atoms with Gasteiger partial charge in [0.25, 0.3) is 0 Å². The van der Waals surface area contributed by atoms with Gasteiger partial charge in [-0.25, -0.2) is 0 Å². The van der Waals surface area contributed by atoms with Gasteiger partial charge in [0.2, 0.25) is 11.8 Å². The average molecular weight is 427 g/mol. The van der Waals surface area contributed by atoms with Crippen molar-refractivity contribution in [1.82, 2.24) is 4.90 Å². The van der Waals surface area contributed by atoms with Crippen LogP contribution >= 0.6 is 0 Å². The van der Waals surface area contributed by atoms with Crippen molar-refractivity contribution in [3.05, 3.63) is 24.3 Å². The predicted octanol–water partition coefficient (Wildman–Crippen LogP) is 2.57. The third kappa shape index (κ3) is 4.92. The number of likely N-dealkylation sites (tertiary alicyclic amines) is 1. The maximum atomic E-state index is 13.8. The number of hydrogen-bond acceptors (Lipinski definition) is 5. The SMILES string of the molecule is CCOC(=O)C1CCN(CC(=O)N2c3ccccc3NC(=O)CC2C(F)(F)F)CC1. The van der Waals surface area contributed by atoms with Crippen LogP contribution in [0, 0.1) is 5.92 Å². The monoisotopic (exact) mass is 427 g/mol. The highest BCUT2D eigenvalue weighted by atomic mass is 19.4. The molecule has 164 valence electrons. The van der Waals surface area contributed by atoms with Crippen molar-refractivity contribution in [3.8, 4) is 0 Å². The highest BCUT2D eigenvalue weighted by Gasteiger charge is 2.49. The van der Waals surface area contributed by atoms with E-state index in [2.05, 4.69) is 5.32 Å². The molecule has 2 aliphatic rings. The molecule has 2 heterocycles. The zero-order valence-corrected chi connectivity index (χ0v) is 16.6. The first kappa shape index (κ1) is 22.1. The first-order valence-corrected chi connectivity index (χ1v) is 9.87. The highest BCUT2D eigenvalue weighted by molar-refractivity contribution is 6.05. The minimum Gasteiger partial charge on any atom is -0.466 e. The normalized spacial score (nSPS) is 20.9. The van der Waals surface area contributed by atoms with Crippen LogP contribution in [0.15, 0.2) is 24.3 Å². The molecule has 1 atom stereocenters. The second kappa shape index (κ2) is 9.03. The summed E-state index contributed by atoms with van der Waals surface area (Å²) in [6, 6.07) is 3.72. The molecule has 1 fully saturated rings. The van der Waals surface area contributed by atoms with Gasteiger partial charge in [0.15, 0.2) is 0 Å². The van der Waals surface area contributed by atoms with Gasteiger partial charge in [0, 0.05) is 0 Å². The van der Waals surface area contributed by atoms with E-state index in [1.54, 1.807) is 17.9 Å². The number of ether oxygens (including phenoxy) is 1. The lowest BCUT2D eigenvalue weighted by molar-refractivity contribution is -0.158. The van der Waals surface area contributed by atoms with Crippen LogP contribution in [0.4, 0.5) is 24.5 Å². The van der Waals surface area contributed by atoms with Gasteiger partial charge in [-0.15, -0.1) is 0 Å². The summed E-state index contributed by atoms with van der Waals surface area (Å²) in [4.78, 5) is 39.3. The van der Waals surface area contributed by atoms with E-state index in [-0.39, 0.29) is 36.4 Å². The van der Waals surface area contributed by atoms with Crippen molar-refractivity contribution >= 4 is 29.2 Å². The molecule has 2 amide bonds. The van der Waals surface area contributed by atoms with Gasteiger partial charge in [0.1, 0.15) is 6.04 Å². The quantitative estimate of drug-likeness (QED) is 0.748. The number of nitrogens with one attached hydrogen (secondary N) is 1. The third-order valence-electron chi connectivity index (χ3n) is 5.34. The fourth-order valence-electron chi connectivity index (χ4n) is 3.85. The van der Waals surface area contributed by atoms with Crippen molar-refractivity contribution < 1.29 is 32.3 Å². The van der Waals surface area contributed by atoms with Crippen molar-refractivity contribution in [3.63, 3.8) is 0 Å². The Morgan fingerprint density at radius 1 is 1.20 bits per heavy atom. The summed E-state index contributed by atoms with van der Waals surface area (Å²) < 4.78 is 46.3. The van der Waals surface area contributed by atoms with Gasteiger partial charge >= 0.3 is 12.1 Å². The summed E-state index contributed by atoms with van der Waals surface area (Å²) in [5, 5.41) is 2.45. The number of halogens is 3. The first-order chi connectivity index (χ1) is 14.2. The molecule has 0 radical (unpaired) electrons.